The average Bonchev–Trinajstić information content (AvgIpc) is 2.77. The van der Waals surface area contributed by atoms with Crippen molar-refractivity contribution < 1.29 is 0 Å². The number of nitrogens with one attached hydrogen (secondary N) is 1. The van der Waals surface area contributed by atoms with E-state index in [1.54, 1.807) is 11.0 Å². The minimum atomic E-state index is 0.0462. The largest absolute Gasteiger partial charge is 0.304 e. The SMILES string of the molecule is CCCNC(c1cncc(C)c1)c1ncnn1C. The maximum atomic E-state index is 4.34. The van der Waals surface area contributed by atoms with Crippen molar-refractivity contribution in [2.45, 2.75) is 26.3 Å². The van der Waals surface area contributed by atoms with E-state index in [0.29, 0.717) is 0 Å². The van der Waals surface area contributed by atoms with Gasteiger partial charge in [-0.1, -0.05) is 13.0 Å². The molecule has 0 aromatic carbocycles. The molecule has 0 aliphatic rings. The predicted molar refractivity (Wildman–Crippen MR) is 70.1 cm³/mol. The summed E-state index contributed by atoms with van der Waals surface area (Å²) in [6.07, 6.45) is 6.40. The summed E-state index contributed by atoms with van der Waals surface area (Å²) in [6, 6.07) is 2.18. The Hall–Kier alpha value is -1.75. The minimum absolute atomic E-state index is 0.0462. The summed E-state index contributed by atoms with van der Waals surface area (Å²) >= 11 is 0. The van der Waals surface area contributed by atoms with E-state index in [-0.39, 0.29) is 6.04 Å². The predicted octanol–water partition coefficient (Wildman–Crippen LogP) is 1.61. The Kier molecular flexibility index (Phi) is 4.04. The van der Waals surface area contributed by atoms with Crippen LogP contribution in [0.1, 0.15) is 36.3 Å². The first-order valence-corrected chi connectivity index (χ1v) is 6.21. The molecule has 5 heteroatoms. The molecular weight excluding hydrogens is 226 g/mol. The molecule has 2 rings (SSSR count). The molecule has 0 bridgehead atoms. The van der Waals surface area contributed by atoms with Crippen LogP contribution in [0.3, 0.4) is 0 Å². The molecule has 5 nitrogen and oxygen atoms in total. The fraction of sp³-hybridized carbons (Fsp3) is 0.462. The number of rotatable bonds is 5. The van der Waals surface area contributed by atoms with Crippen LogP contribution in [-0.2, 0) is 7.05 Å². The molecule has 2 heterocycles. The molecule has 0 amide bonds. The molecule has 1 N–H and O–H groups in total. The standard InChI is InChI=1S/C13H19N5/c1-4-5-15-12(13-16-9-17-18(13)3)11-6-10(2)7-14-8-11/h6-9,12,15H,4-5H2,1-3H3. The molecule has 1 atom stereocenters. The van der Waals surface area contributed by atoms with Crippen LogP contribution in [0.2, 0.25) is 0 Å². The monoisotopic (exact) mass is 245 g/mol. The zero-order valence-electron chi connectivity index (χ0n) is 11.1. The van der Waals surface area contributed by atoms with Gasteiger partial charge in [-0.3, -0.25) is 9.67 Å². The van der Waals surface area contributed by atoms with Gasteiger partial charge in [-0.05, 0) is 31.0 Å². The van der Waals surface area contributed by atoms with Gasteiger partial charge in [-0.15, -0.1) is 0 Å². The fourth-order valence-electron chi connectivity index (χ4n) is 1.95. The summed E-state index contributed by atoms with van der Waals surface area (Å²) in [5, 5.41) is 7.63. The van der Waals surface area contributed by atoms with Crippen molar-refractivity contribution in [1.29, 1.82) is 0 Å². The molecule has 0 saturated heterocycles. The number of aryl methyl sites for hydroxylation is 2. The Balaban J connectivity index is 2.33. The summed E-state index contributed by atoms with van der Waals surface area (Å²) in [5.41, 5.74) is 2.28. The van der Waals surface area contributed by atoms with Gasteiger partial charge in [0.05, 0.1) is 6.04 Å². The molecule has 96 valence electrons. The number of nitrogens with zero attached hydrogens (tertiary/aromatic N) is 4. The summed E-state index contributed by atoms with van der Waals surface area (Å²) in [7, 11) is 1.91. The van der Waals surface area contributed by atoms with E-state index in [1.807, 2.05) is 26.4 Å². The van der Waals surface area contributed by atoms with Gasteiger partial charge in [-0.25, -0.2) is 4.98 Å². The van der Waals surface area contributed by atoms with Crippen molar-refractivity contribution in [3.63, 3.8) is 0 Å². The first-order valence-electron chi connectivity index (χ1n) is 6.21. The van der Waals surface area contributed by atoms with Crippen LogP contribution >= 0.6 is 0 Å². The smallest absolute Gasteiger partial charge is 0.148 e. The van der Waals surface area contributed by atoms with Crippen LogP contribution in [0.25, 0.3) is 0 Å². The Labute approximate surface area is 107 Å². The maximum Gasteiger partial charge on any atom is 0.148 e. The summed E-state index contributed by atoms with van der Waals surface area (Å²) in [4.78, 5) is 8.59. The van der Waals surface area contributed by atoms with Gasteiger partial charge in [-0.2, -0.15) is 5.10 Å². The molecule has 1 unspecified atom stereocenters. The van der Waals surface area contributed by atoms with Crippen LogP contribution < -0.4 is 5.32 Å². The van der Waals surface area contributed by atoms with Crippen LogP contribution in [-0.4, -0.2) is 26.3 Å². The number of hydrogen-bond acceptors (Lipinski definition) is 4. The van der Waals surface area contributed by atoms with Crippen molar-refractivity contribution in [3.05, 3.63) is 41.7 Å². The minimum Gasteiger partial charge on any atom is -0.304 e. The lowest BCUT2D eigenvalue weighted by Gasteiger charge is -2.18. The van der Waals surface area contributed by atoms with Gasteiger partial charge in [0.15, 0.2) is 0 Å². The molecule has 0 aliphatic carbocycles. The molecule has 2 aromatic heterocycles. The normalized spacial score (nSPS) is 12.6. The van der Waals surface area contributed by atoms with E-state index in [2.05, 4.69) is 33.4 Å². The van der Waals surface area contributed by atoms with Gasteiger partial charge in [0, 0.05) is 19.4 Å². The van der Waals surface area contributed by atoms with Crippen molar-refractivity contribution in [1.82, 2.24) is 25.1 Å². The molecule has 2 aromatic rings. The maximum absolute atomic E-state index is 4.34. The van der Waals surface area contributed by atoms with Crippen molar-refractivity contribution in [3.8, 4) is 0 Å². The van der Waals surface area contributed by atoms with Gasteiger partial charge >= 0.3 is 0 Å². The molecule has 0 radical (unpaired) electrons. The fourth-order valence-corrected chi connectivity index (χ4v) is 1.95. The second kappa shape index (κ2) is 5.73. The van der Waals surface area contributed by atoms with Crippen LogP contribution in [0, 0.1) is 6.92 Å². The van der Waals surface area contributed by atoms with Crippen molar-refractivity contribution in [2.75, 3.05) is 6.54 Å². The van der Waals surface area contributed by atoms with Gasteiger partial charge in [0.25, 0.3) is 0 Å². The first-order chi connectivity index (χ1) is 8.72. The van der Waals surface area contributed by atoms with E-state index in [1.165, 1.54) is 0 Å². The van der Waals surface area contributed by atoms with Gasteiger partial charge < -0.3 is 5.32 Å². The van der Waals surface area contributed by atoms with Crippen molar-refractivity contribution in [2.24, 2.45) is 7.05 Å². The third kappa shape index (κ3) is 2.73. The molecular formula is C13H19N5. The first kappa shape index (κ1) is 12.7. The van der Waals surface area contributed by atoms with Crippen LogP contribution in [0.15, 0.2) is 24.8 Å². The number of pyridine rings is 1. The lowest BCUT2D eigenvalue weighted by molar-refractivity contribution is 0.540. The molecule has 0 spiro atoms. The number of aromatic nitrogens is 4. The molecule has 0 fully saturated rings. The van der Waals surface area contributed by atoms with Crippen LogP contribution in [0.4, 0.5) is 0 Å². The Morgan fingerprint density at radius 3 is 2.83 bits per heavy atom. The van der Waals surface area contributed by atoms with Crippen molar-refractivity contribution >= 4 is 0 Å². The second-order valence-electron chi connectivity index (χ2n) is 4.42. The summed E-state index contributed by atoms with van der Waals surface area (Å²) in [5.74, 6) is 0.913. The third-order valence-corrected chi connectivity index (χ3v) is 2.83. The molecule has 0 aliphatic heterocycles. The Morgan fingerprint density at radius 1 is 1.39 bits per heavy atom. The third-order valence-electron chi connectivity index (χ3n) is 2.83. The lowest BCUT2D eigenvalue weighted by Crippen LogP contribution is -2.26. The highest BCUT2D eigenvalue weighted by Gasteiger charge is 2.18. The quantitative estimate of drug-likeness (QED) is 0.869. The zero-order valence-corrected chi connectivity index (χ0v) is 11.1. The zero-order chi connectivity index (χ0) is 13.0. The number of hydrogen-bond donors (Lipinski definition) is 1. The Morgan fingerprint density at radius 2 is 2.22 bits per heavy atom. The second-order valence-corrected chi connectivity index (χ2v) is 4.42. The van der Waals surface area contributed by atoms with Gasteiger partial charge in [0.1, 0.15) is 12.2 Å². The summed E-state index contributed by atoms with van der Waals surface area (Å²) in [6.45, 7) is 5.13. The van der Waals surface area contributed by atoms with E-state index < -0.39 is 0 Å². The molecule has 18 heavy (non-hydrogen) atoms. The van der Waals surface area contributed by atoms with E-state index >= 15 is 0 Å². The van der Waals surface area contributed by atoms with E-state index in [9.17, 15) is 0 Å². The average molecular weight is 245 g/mol. The lowest BCUT2D eigenvalue weighted by atomic mass is 10.1. The molecule has 0 saturated carbocycles. The highest BCUT2D eigenvalue weighted by molar-refractivity contribution is 5.25. The van der Waals surface area contributed by atoms with Gasteiger partial charge in [0.2, 0.25) is 0 Å². The van der Waals surface area contributed by atoms with Crippen LogP contribution in [0.5, 0.6) is 0 Å². The topological polar surface area (TPSA) is 55.6 Å². The highest BCUT2D eigenvalue weighted by Crippen LogP contribution is 2.19. The van der Waals surface area contributed by atoms with E-state index in [4.69, 9.17) is 0 Å². The summed E-state index contributed by atoms with van der Waals surface area (Å²) < 4.78 is 1.80. The highest BCUT2D eigenvalue weighted by atomic mass is 15.3. The van der Waals surface area contributed by atoms with E-state index in [0.717, 1.165) is 29.9 Å². The Bertz CT molecular complexity index is 506.